The second-order valence-electron chi connectivity index (χ2n) is 3.99. The number of halogens is 1. The van der Waals surface area contributed by atoms with Crippen LogP contribution in [0.25, 0.3) is 0 Å². The van der Waals surface area contributed by atoms with Gasteiger partial charge in [0, 0.05) is 6.20 Å². The summed E-state index contributed by atoms with van der Waals surface area (Å²) in [6, 6.07) is 6.14. The van der Waals surface area contributed by atoms with Gasteiger partial charge < -0.3 is 15.2 Å². The first kappa shape index (κ1) is 13.3. The number of nitrogens with zero attached hydrogens (tertiary/aromatic N) is 1. The summed E-state index contributed by atoms with van der Waals surface area (Å²) in [5, 5.41) is 0. The lowest BCUT2D eigenvalue weighted by Gasteiger charge is -2.18. The van der Waals surface area contributed by atoms with Crippen molar-refractivity contribution in [1.29, 1.82) is 0 Å². The Labute approximate surface area is 111 Å². The molecule has 4 nitrogen and oxygen atoms in total. The van der Waals surface area contributed by atoms with E-state index in [0.29, 0.717) is 22.6 Å². The van der Waals surface area contributed by atoms with Crippen LogP contribution in [0.5, 0.6) is 11.5 Å². The molecule has 0 saturated carbocycles. The van der Waals surface area contributed by atoms with Crippen LogP contribution in [0.4, 0.5) is 4.39 Å². The first-order valence-corrected chi connectivity index (χ1v) is 5.74. The molecule has 100 valence electrons. The summed E-state index contributed by atoms with van der Waals surface area (Å²) in [6.45, 7) is 0. The van der Waals surface area contributed by atoms with Gasteiger partial charge in [0.1, 0.15) is 17.3 Å². The SMILES string of the molecule is COc1cccc(OC)c1C(N)c1cncc(F)c1. The van der Waals surface area contributed by atoms with E-state index in [2.05, 4.69) is 4.98 Å². The van der Waals surface area contributed by atoms with Crippen molar-refractivity contribution in [3.63, 3.8) is 0 Å². The van der Waals surface area contributed by atoms with Crippen LogP contribution < -0.4 is 15.2 Å². The van der Waals surface area contributed by atoms with Crippen LogP contribution in [-0.2, 0) is 0 Å². The molecule has 0 fully saturated rings. The highest BCUT2D eigenvalue weighted by Gasteiger charge is 2.19. The Morgan fingerprint density at radius 2 is 1.79 bits per heavy atom. The van der Waals surface area contributed by atoms with E-state index in [4.69, 9.17) is 15.2 Å². The maximum atomic E-state index is 13.2. The molecular formula is C14H15FN2O2. The van der Waals surface area contributed by atoms with Crippen molar-refractivity contribution in [2.75, 3.05) is 14.2 Å². The number of hydrogen-bond donors (Lipinski definition) is 1. The number of pyridine rings is 1. The first-order chi connectivity index (χ1) is 9.17. The molecule has 1 heterocycles. The van der Waals surface area contributed by atoms with E-state index in [9.17, 15) is 4.39 Å². The van der Waals surface area contributed by atoms with Crippen LogP contribution in [0.1, 0.15) is 17.2 Å². The van der Waals surface area contributed by atoms with Gasteiger partial charge in [-0.25, -0.2) is 4.39 Å². The minimum absolute atomic E-state index is 0.429. The Morgan fingerprint density at radius 3 is 2.32 bits per heavy atom. The van der Waals surface area contributed by atoms with Gasteiger partial charge in [-0.2, -0.15) is 0 Å². The van der Waals surface area contributed by atoms with Crippen molar-refractivity contribution in [2.24, 2.45) is 5.73 Å². The van der Waals surface area contributed by atoms with E-state index in [0.717, 1.165) is 6.20 Å². The zero-order chi connectivity index (χ0) is 13.8. The third-order valence-electron chi connectivity index (χ3n) is 2.86. The van der Waals surface area contributed by atoms with Crippen LogP contribution in [0, 0.1) is 5.82 Å². The standard InChI is InChI=1S/C14H15FN2O2/c1-18-11-4-3-5-12(19-2)13(11)14(16)9-6-10(15)8-17-7-9/h3-8,14H,16H2,1-2H3. The Hall–Kier alpha value is -2.14. The second-order valence-corrected chi connectivity index (χ2v) is 3.99. The van der Waals surface area contributed by atoms with Gasteiger partial charge in [0.25, 0.3) is 0 Å². The maximum Gasteiger partial charge on any atom is 0.141 e. The molecule has 1 atom stereocenters. The molecule has 0 aliphatic heterocycles. The molecule has 0 aliphatic carbocycles. The third-order valence-corrected chi connectivity index (χ3v) is 2.86. The summed E-state index contributed by atoms with van der Waals surface area (Å²) in [5.41, 5.74) is 7.40. The van der Waals surface area contributed by atoms with Gasteiger partial charge in [0.05, 0.1) is 32.0 Å². The summed E-state index contributed by atoms with van der Waals surface area (Å²) in [7, 11) is 3.10. The van der Waals surface area contributed by atoms with Crippen molar-refractivity contribution in [3.8, 4) is 11.5 Å². The Kier molecular flexibility index (Phi) is 3.97. The van der Waals surface area contributed by atoms with Gasteiger partial charge in [0.15, 0.2) is 0 Å². The van der Waals surface area contributed by atoms with Crippen molar-refractivity contribution in [3.05, 3.63) is 53.6 Å². The van der Waals surface area contributed by atoms with Crippen LogP contribution in [0.3, 0.4) is 0 Å². The zero-order valence-corrected chi connectivity index (χ0v) is 10.8. The predicted octanol–water partition coefficient (Wildman–Crippen LogP) is 2.29. The molecule has 19 heavy (non-hydrogen) atoms. The molecule has 0 saturated heterocycles. The fourth-order valence-corrected chi connectivity index (χ4v) is 1.95. The molecule has 1 aromatic heterocycles. The fourth-order valence-electron chi connectivity index (χ4n) is 1.95. The smallest absolute Gasteiger partial charge is 0.141 e. The van der Waals surface area contributed by atoms with E-state index < -0.39 is 11.9 Å². The Bertz CT molecular complexity index is 553. The van der Waals surface area contributed by atoms with Crippen LogP contribution in [0.2, 0.25) is 0 Å². The first-order valence-electron chi connectivity index (χ1n) is 5.74. The van der Waals surface area contributed by atoms with Gasteiger partial charge in [0.2, 0.25) is 0 Å². The molecule has 0 amide bonds. The number of methoxy groups -OCH3 is 2. The summed E-state index contributed by atoms with van der Waals surface area (Å²) in [4.78, 5) is 3.81. The molecule has 1 unspecified atom stereocenters. The van der Waals surface area contributed by atoms with E-state index in [1.165, 1.54) is 12.3 Å². The molecule has 2 aromatic rings. The van der Waals surface area contributed by atoms with E-state index >= 15 is 0 Å². The molecule has 1 aromatic carbocycles. The summed E-state index contributed by atoms with van der Waals surface area (Å²) >= 11 is 0. The molecule has 2 N–H and O–H groups in total. The average molecular weight is 262 g/mol. The summed E-state index contributed by atoms with van der Waals surface area (Å²) in [6.07, 6.45) is 2.66. The van der Waals surface area contributed by atoms with Gasteiger partial charge in [-0.05, 0) is 23.8 Å². The lowest BCUT2D eigenvalue weighted by atomic mass is 9.99. The number of nitrogens with two attached hydrogens (primary N) is 1. The minimum atomic E-state index is -0.575. The lowest BCUT2D eigenvalue weighted by molar-refractivity contribution is 0.382. The van der Waals surface area contributed by atoms with E-state index in [-0.39, 0.29) is 0 Å². The topological polar surface area (TPSA) is 57.4 Å². The van der Waals surface area contributed by atoms with E-state index in [1.54, 1.807) is 32.4 Å². The molecule has 0 spiro atoms. The molecule has 0 bridgehead atoms. The molecular weight excluding hydrogens is 247 g/mol. The number of rotatable bonds is 4. The highest BCUT2D eigenvalue weighted by atomic mass is 19.1. The van der Waals surface area contributed by atoms with Crippen LogP contribution in [-0.4, -0.2) is 19.2 Å². The highest BCUT2D eigenvalue weighted by molar-refractivity contribution is 5.50. The van der Waals surface area contributed by atoms with Crippen LogP contribution in [0.15, 0.2) is 36.7 Å². The van der Waals surface area contributed by atoms with Crippen molar-refractivity contribution in [1.82, 2.24) is 4.98 Å². The van der Waals surface area contributed by atoms with Crippen molar-refractivity contribution in [2.45, 2.75) is 6.04 Å². The zero-order valence-electron chi connectivity index (χ0n) is 10.8. The monoisotopic (exact) mass is 262 g/mol. The number of ether oxygens (including phenoxy) is 2. The third kappa shape index (κ3) is 2.66. The fraction of sp³-hybridized carbons (Fsp3) is 0.214. The molecule has 0 radical (unpaired) electrons. The van der Waals surface area contributed by atoms with Gasteiger partial charge in [-0.3, -0.25) is 4.98 Å². The molecule has 2 rings (SSSR count). The Balaban J connectivity index is 2.51. The lowest BCUT2D eigenvalue weighted by Crippen LogP contribution is -2.15. The molecule has 5 heteroatoms. The van der Waals surface area contributed by atoms with E-state index in [1.807, 2.05) is 0 Å². The normalized spacial score (nSPS) is 12.0. The van der Waals surface area contributed by atoms with Gasteiger partial charge in [-0.15, -0.1) is 0 Å². The van der Waals surface area contributed by atoms with Gasteiger partial charge in [-0.1, -0.05) is 6.07 Å². The maximum absolute atomic E-state index is 13.2. The van der Waals surface area contributed by atoms with Crippen molar-refractivity contribution >= 4 is 0 Å². The largest absolute Gasteiger partial charge is 0.496 e. The average Bonchev–Trinajstić information content (AvgIpc) is 2.45. The van der Waals surface area contributed by atoms with Crippen molar-refractivity contribution < 1.29 is 13.9 Å². The predicted molar refractivity (Wildman–Crippen MR) is 69.8 cm³/mol. The summed E-state index contributed by atoms with van der Waals surface area (Å²) in [5.74, 6) is 0.758. The second kappa shape index (κ2) is 5.67. The highest BCUT2D eigenvalue weighted by Crippen LogP contribution is 2.35. The van der Waals surface area contributed by atoms with Gasteiger partial charge >= 0.3 is 0 Å². The number of benzene rings is 1. The summed E-state index contributed by atoms with van der Waals surface area (Å²) < 4.78 is 23.8. The number of aromatic nitrogens is 1. The quantitative estimate of drug-likeness (QED) is 0.918. The Morgan fingerprint density at radius 1 is 1.16 bits per heavy atom. The number of hydrogen-bond acceptors (Lipinski definition) is 4. The minimum Gasteiger partial charge on any atom is -0.496 e. The van der Waals surface area contributed by atoms with Crippen LogP contribution >= 0.6 is 0 Å². The molecule has 0 aliphatic rings.